The minimum atomic E-state index is -0.292. The summed E-state index contributed by atoms with van der Waals surface area (Å²) in [5, 5.41) is 1.04. The zero-order valence-corrected chi connectivity index (χ0v) is 11.7. The van der Waals surface area contributed by atoms with E-state index < -0.39 is 0 Å². The number of carbonyl (C=O) groups is 1. The zero-order chi connectivity index (χ0) is 14.7. The van der Waals surface area contributed by atoms with Gasteiger partial charge in [0.05, 0.1) is 11.1 Å². The average Bonchev–Trinajstić information content (AvgIpc) is 2.53. The number of rotatable bonds is 3. The number of nitrogens with zero attached hydrogens (tertiary/aromatic N) is 1. The molecule has 3 heteroatoms. The van der Waals surface area contributed by atoms with Crippen molar-refractivity contribution in [2.45, 2.75) is 13.5 Å². The van der Waals surface area contributed by atoms with E-state index in [-0.39, 0.29) is 12.6 Å². The summed E-state index contributed by atoms with van der Waals surface area (Å²) >= 11 is 0. The predicted molar refractivity (Wildman–Crippen MR) is 82.0 cm³/mol. The first-order chi connectivity index (χ1) is 10.2. The lowest BCUT2D eigenvalue weighted by Gasteiger charge is -2.07. The molecule has 0 aliphatic rings. The fraction of sp³-hybridized carbons (Fsp3) is 0.111. The summed E-state index contributed by atoms with van der Waals surface area (Å²) in [6.45, 7) is 2.16. The first-order valence-electron chi connectivity index (χ1n) is 6.80. The maximum absolute atomic E-state index is 12.1. The molecular weight excluding hydrogens is 262 g/mol. The summed E-state index contributed by atoms with van der Waals surface area (Å²) in [7, 11) is 0. The van der Waals surface area contributed by atoms with Crippen LogP contribution in [0.5, 0.6) is 0 Å². The van der Waals surface area contributed by atoms with Crippen molar-refractivity contribution < 1.29 is 9.53 Å². The molecule has 0 saturated carbocycles. The largest absolute Gasteiger partial charge is 0.457 e. The highest BCUT2D eigenvalue weighted by Gasteiger charge is 2.09. The van der Waals surface area contributed by atoms with E-state index in [9.17, 15) is 4.79 Å². The van der Waals surface area contributed by atoms with E-state index in [1.54, 1.807) is 12.3 Å². The maximum Gasteiger partial charge on any atom is 0.338 e. The van der Waals surface area contributed by atoms with Crippen molar-refractivity contribution in [1.29, 1.82) is 0 Å². The summed E-state index contributed by atoms with van der Waals surface area (Å²) < 4.78 is 5.38. The van der Waals surface area contributed by atoms with Crippen LogP contribution >= 0.6 is 0 Å². The Morgan fingerprint density at radius 1 is 1.10 bits per heavy atom. The van der Waals surface area contributed by atoms with Gasteiger partial charge >= 0.3 is 5.97 Å². The van der Waals surface area contributed by atoms with E-state index in [1.165, 1.54) is 0 Å². The van der Waals surface area contributed by atoms with Crippen LogP contribution in [-0.2, 0) is 11.3 Å². The minimum Gasteiger partial charge on any atom is -0.457 e. The summed E-state index contributed by atoms with van der Waals surface area (Å²) in [6, 6.07) is 17.2. The molecule has 0 fully saturated rings. The van der Waals surface area contributed by atoms with Gasteiger partial charge in [0.2, 0.25) is 0 Å². The molecule has 3 nitrogen and oxygen atoms in total. The number of ether oxygens (including phenoxy) is 1. The van der Waals surface area contributed by atoms with Gasteiger partial charge in [-0.3, -0.25) is 4.98 Å². The third kappa shape index (κ3) is 2.92. The Morgan fingerprint density at radius 2 is 1.95 bits per heavy atom. The molecule has 0 spiro atoms. The quantitative estimate of drug-likeness (QED) is 0.681. The molecule has 0 aliphatic carbocycles. The topological polar surface area (TPSA) is 39.2 Å². The van der Waals surface area contributed by atoms with E-state index in [2.05, 4.69) is 4.98 Å². The van der Waals surface area contributed by atoms with Gasteiger partial charge in [0.1, 0.15) is 6.61 Å². The van der Waals surface area contributed by atoms with Crippen LogP contribution in [0.2, 0.25) is 0 Å². The number of benzene rings is 2. The highest BCUT2D eigenvalue weighted by atomic mass is 16.5. The number of fused-ring (bicyclic) bond motifs is 1. The lowest BCUT2D eigenvalue weighted by atomic mass is 10.1. The zero-order valence-electron chi connectivity index (χ0n) is 11.7. The summed E-state index contributed by atoms with van der Waals surface area (Å²) in [4.78, 5) is 16.3. The van der Waals surface area contributed by atoms with Gasteiger partial charge < -0.3 is 4.74 Å². The molecule has 0 N–H and O–H groups in total. The Kier molecular flexibility index (Phi) is 3.65. The van der Waals surface area contributed by atoms with E-state index in [4.69, 9.17) is 4.74 Å². The van der Waals surface area contributed by atoms with Crippen LogP contribution in [0.15, 0.2) is 60.8 Å². The molecule has 21 heavy (non-hydrogen) atoms. The van der Waals surface area contributed by atoms with E-state index >= 15 is 0 Å². The molecule has 0 atom stereocenters. The van der Waals surface area contributed by atoms with Crippen molar-refractivity contribution in [2.75, 3.05) is 0 Å². The minimum absolute atomic E-state index is 0.262. The van der Waals surface area contributed by atoms with E-state index in [1.807, 2.05) is 55.5 Å². The van der Waals surface area contributed by atoms with Crippen molar-refractivity contribution >= 4 is 16.9 Å². The molecule has 3 aromatic rings. The number of esters is 1. The predicted octanol–water partition coefficient (Wildman–Crippen LogP) is 3.90. The SMILES string of the molecule is Cc1ccccc1C(=O)OCc1ccc2ncccc2c1. The number of hydrogen-bond donors (Lipinski definition) is 0. The van der Waals surface area contributed by atoms with Gasteiger partial charge in [0.15, 0.2) is 0 Å². The lowest BCUT2D eigenvalue weighted by molar-refractivity contribution is 0.0472. The molecule has 0 unspecified atom stereocenters. The van der Waals surface area contributed by atoms with Crippen molar-refractivity contribution in [3.05, 3.63) is 77.5 Å². The van der Waals surface area contributed by atoms with Crippen LogP contribution in [0.3, 0.4) is 0 Å². The third-order valence-electron chi connectivity index (χ3n) is 3.40. The van der Waals surface area contributed by atoms with Crippen LogP contribution in [0.1, 0.15) is 21.5 Å². The monoisotopic (exact) mass is 277 g/mol. The van der Waals surface area contributed by atoms with Crippen LogP contribution in [0.25, 0.3) is 10.9 Å². The van der Waals surface area contributed by atoms with Crippen LogP contribution < -0.4 is 0 Å². The Morgan fingerprint density at radius 3 is 2.81 bits per heavy atom. The van der Waals surface area contributed by atoms with Gasteiger partial charge in [-0.15, -0.1) is 0 Å². The number of hydrogen-bond acceptors (Lipinski definition) is 3. The number of carbonyl (C=O) groups excluding carboxylic acids is 1. The Hall–Kier alpha value is -2.68. The van der Waals surface area contributed by atoms with Crippen molar-refractivity contribution in [2.24, 2.45) is 0 Å². The van der Waals surface area contributed by atoms with Crippen LogP contribution in [0.4, 0.5) is 0 Å². The van der Waals surface area contributed by atoms with E-state index in [0.717, 1.165) is 22.0 Å². The van der Waals surface area contributed by atoms with Crippen molar-refractivity contribution in [3.8, 4) is 0 Å². The summed E-state index contributed by atoms with van der Waals surface area (Å²) in [5.74, 6) is -0.292. The normalized spacial score (nSPS) is 10.5. The second kappa shape index (κ2) is 5.75. The highest BCUT2D eigenvalue weighted by molar-refractivity contribution is 5.91. The van der Waals surface area contributed by atoms with Gasteiger partial charge in [-0.1, -0.05) is 30.3 Å². The first kappa shape index (κ1) is 13.3. The number of aryl methyl sites for hydroxylation is 1. The van der Waals surface area contributed by atoms with Crippen LogP contribution in [0, 0.1) is 6.92 Å². The van der Waals surface area contributed by atoms with Gasteiger partial charge in [0.25, 0.3) is 0 Å². The summed E-state index contributed by atoms with van der Waals surface area (Å²) in [6.07, 6.45) is 1.76. The Bertz CT molecular complexity index is 796. The van der Waals surface area contributed by atoms with Crippen LogP contribution in [-0.4, -0.2) is 11.0 Å². The van der Waals surface area contributed by atoms with Crippen molar-refractivity contribution in [1.82, 2.24) is 4.98 Å². The molecule has 0 radical (unpaired) electrons. The molecule has 1 heterocycles. The molecule has 0 amide bonds. The molecule has 3 rings (SSSR count). The summed E-state index contributed by atoms with van der Waals surface area (Å²) in [5.41, 5.74) is 3.43. The molecule has 1 aromatic heterocycles. The van der Waals surface area contributed by atoms with Gasteiger partial charge in [-0.25, -0.2) is 4.79 Å². The maximum atomic E-state index is 12.1. The molecule has 0 aliphatic heterocycles. The smallest absolute Gasteiger partial charge is 0.338 e. The van der Waals surface area contributed by atoms with Gasteiger partial charge in [0, 0.05) is 11.6 Å². The van der Waals surface area contributed by atoms with Gasteiger partial charge in [-0.05, 0) is 42.3 Å². The standard InChI is InChI=1S/C18H15NO2/c1-13-5-2-3-7-16(13)18(20)21-12-14-8-9-17-15(11-14)6-4-10-19-17/h2-11H,12H2,1H3. The molecule has 2 aromatic carbocycles. The lowest BCUT2D eigenvalue weighted by Crippen LogP contribution is -2.06. The third-order valence-corrected chi connectivity index (χ3v) is 3.40. The van der Waals surface area contributed by atoms with Crippen molar-refractivity contribution in [3.63, 3.8) is 0 Å². The van der Waals surface area contributed by atoms with Gasteiger partial charge in [-0.2, -0.15) is 0 Å². The average molecular weight is 277 g/mol. The molecule has 0 bridgehead atoms. The van der Waals surface area contributed by atoms with E-state index in [0.29, 0.717) is 5.56 Å². The highest BCUT2D eigenvalue weighted by Crippen LogP contribution is 2.15. The second-order valence-corrected chi connectivity index (χ2v) is 4.92. The molecule has 0 saturated heterocycles. The first-order valence-corrected chi connectivity index (χ1v) is 6.80. The fourth-order valence-corrected chi connectivity index (χ4v) is 2.24. The molecular formula is C18H15NO2. The number of pyridine rings is 1. The Labute approximate surface area is 123 Å². The number of aromatic nitrogens is 1. The molecule has 104 valence electrons. The Balaban J connectivity index is 1.74. The fourth-order valence-electron chi connectivity index (χ4n) is 2.24. The second-order valence-electron chi connectivity index (χ2n) is 4.92.